The number of fused-ring (bicyclic) bond motifs is 1. The van der Waals surface area contributed by atoms with Crippen LogP contribution >= 0.6 is 0 Å². The molecule has 1 aromatic heterocycles. The molecule has 2 aromatic rings. The fourth-order valence-corrected chi connectivity index (χ4v) is 2.21. The van der Waals surface area contributed by atoms with Gasteiger partial charge in [0.2, 0.25) is 5.91 Å². The summed E-state index contributed by atoms with van der Waals surface area (Å²) in [6.07, 6.45) is 0.358. The second-order valence-corrected chi connectivity index (χ2v) is 4.99. The summed E-state index contributed by atoms with van der Waals surface area (Å²) in [5, 5.41) is 10.2. The molecule has 2 rings (SSSR count). The topological polar surface area (TPSA) is 56.3 Å². The molecule has 0 saturated heterocycles. The summed E-state index contributed by atoms with van der Waals surface area (Å²) in [6.45, 7) is 3.80. The second-order valence-electron chi connectivity index (χ2n) is 4.99. The number of aryl methyl sites for hydroxylation is 1. The first-order chi connectivity index (χ1) is 9.04. The van der Waals surface area contributed by atoms with Crippen molar-refractivity contribution in [1.29, 1.82) is 0 Å². The van der Waals surface area contributed by atoms with Crippen molar-refractivity contribution in [2.24, 2.45) is 0 Å². The molecule has 1 unspecified atom stereocenters. The van der Waals surface area contributed by atoms with Crippen LogP contribution in [-0.2, 0) is 11.2 Å². The molecule has 0 aliphatic rings. The number of aromatic nitrogens is 1. The van der Waals surface area contributed by atoms with E-state index in [1.807, 2.05) is 38.1 Å². The largest absolute Gasteiger partial charge is 0.394 e. The molecular weight excluding hydrogens is 240 g/mol. The summed E-state index contributed by atoms with van der Waals surface area (Å²) in [7, 11) is 1.73. The molecule has 0 spiro atoms. The number of carbonyl (C=O) groups is 1. The van der Waals surface area contributed by atoms with Gasteiger partial charge in [-0.15, -0.1) is 0 Å². The highest BCUT2D eigenvalue weighted by atomic mass is 16.3. The van der Waals surface area contributed by atoms with Crippen molar-refractivity contribution in [1.82, 2.24) is 9.88 Å². The lowest BCUT2D eigenvalue weighted by atomic mass is 10.1. The first-order valence-electron chi connectivity index (χ1n) is 6.47. The summed E-state index contributed by atoms with van der Waals surface area (Å²) in [4.78, 5) is 17.1. The number of nitrogens with zero attached hydrogens (tertiary/aromatic N) is 1. The number of carbonyl (C=O) groups excluding carboxylic acids is 1. The Labute approximate surface area is 113 Å². The molecule has 1 heterocycles. The highest BCUT2D eigenvalue weighted by Gasteiger charge is 2.18. The number of hydrogen-bond acceptors (Lipinski definition) is 2. The van der Waals surface area contributed by atoms with Gasteiger partial charge in [-0.3, -0.25) is 4.79 Å². The Morgan fingerprint density at radius 1 is 1.42 bits per heavy atom. The summed E-state index contributed by atoms with van der Waals surface area (Å²) >= 11 is 0. The quantitative estimate of drug-likeness (QED) is 0.881. The fraction of sp³-hybridized carbons (Fsp3) is 0.400. The highest BCUT2D eigenvalue weighted by Crippen LogP contribution is 2.22. The summed E-state index contributed by atoms with van der Waals surface area (Å²) in [5.41, 5.74) is 3.12. The molecule has 102 valence electrons. The number of nitrogens with one attached hydrogen (secondary N) is 1. The van der Waals surface area contributed by atoms with Gasteiger partial charge in [-0.2, -0.15) is 0 Å². The van der Waals surface area contributed by atoms with Crippen molar-refractivity contribution in [3.63, 3.8) is 0 Å². The Morgan fingerprint density at radius 3 is 2.79 bits per heavy atom. The van der Waals surface area contributed by atoms with E-state index in [2.05, 4.69) is 4.98 Å². The number of hydrogen-bond donors (Lipinski definition) is 2. The molecule has 4 nitrogen and oxygen atoms in total. The smallest absolute Gasteiger partial charge is 0.227 e. The Kier molecular flexibility index (Phi) is 3.90. The zero-order valence-corrected chi connectivity index (χ0v) is 11.6. The maximum atomic E-state index is 12.2. The number of likely N-dealkylation sites (N-methyl/N-ethyl adjacent to an activating group) is 1. The van der Waals surface area contributed by atoms with Crippen molar-refractivity contribution in [2.75, 3.05) is 13.7 Å². The van der Waals surface area contributed by atoms with Gasteiger partial charge in [0.15, 0.2) is 0 Å². The van der Waals surface area contributed by atoms with E-state index in [-0.39, 0.29) is 18.6 Å². The first kappa shape index (κ1) is 13.6. The predicted molar refractivity (Wildman–Crippen MR) is 76.1 cm³/mol. The Balaban J connectivity index is 2.26. The number of aromatic amines is 1. The molecule has 1 amide bonds. The maximum absolute atomic E-state index is 12.2. The van der Waals surface area contributed by atoms with Crippen LogP contribution in [0.1, 0.15) is 18.2 Å². The molecule has 0 aliphatic carbocycles. The van der Waals surface area contributed by atoms with Gasteiger partial charge in [-0.05, 0) is 25.5 Å². The van der Waals surface area contributed by atoms with Crippen molar-refractivity contribution >= 4 is 16.8 Å². The van der Waals surface area contributed by atoms with Crippen LogP contribution in [-0.4, -0.2) is 40.6 Å². The normalized spacial score (nSPS) is 12.6. The van der Waals surface area contributed by atoms with Crippen LogP contribution in [0.25, 0.3) is 10.9 Å². The third kappa shape index (κ3) is 2.63. The molecular formula is C15H20N2O2. The Hall–Kier alpha value is -1.81. The van der Waals surface area contributed by atoms with E-state index in [1.165, 1.54) is 0 Å². The fourth-order valence-electron chi connectivity index (χ4n) is 2.21. The Morgan fingerprint density at radius 2 is 2.11 bits per heavy atom. The summed E-state index contributed by atoms with van der Waals surface area (Å²) < 4.78 is 0. The number of amides is 1. The molecule has 0 bridgehead atoms. The van der Waals surface area contributed by atoms with E-state index in [4.69, 9.17) is 5.11 Å². The third-order valence-corrected chi connectivity index (χ3v) is 3.67. The molecule has 19 heavy (non-hydrogen) atoms. The minimum atomic E-state index is -0.155. The molecule has 1 atom stereocenters. The van der Waals surface area contributed by atoms with Crippen molar-refractivity contribution < 1.29 is 9.90 Å². The second kappa shape index (κ2) is 5.45. The zero-order valence-electron chi connectivity index (χ0n) is 11.6. The number of para-hydroxylation sites is 1. The standard InChI is InChI=1S/C15H20N2O2/c1-10(9-18)17(3)15(19)8-13-11(2)16-14-7-5-4-6-12(13)14/h4-7,10,16,18H,8-9H2,1-3H3. The van der Waals surface area contributed by atoms with E-state index in [0.717, 1.165) is 22.2 Å². The molecule has 0 radical (unpaired) electrons. The molecule has 0 saturated carbocycles. The predicted octanol–water partition coefficient (Wildman–Crippen LogP) is 1.86. The minimum absolute atomic E-state index is 0.0187. The average Bonchev–Trinajstić information content (AvgIpc) is 2.73. The monoisotopic (exact) mass is 260 g/mol. The number of benzene rings is 1. The molecule has 0 fully saturated rings. The molecule has 1 aromatic carbocycles. The van der Waals surface area contributed by atoms with Gasteiger partial charge in [0.25, 0.3) is 0 Å². The lowest BCUT2D eigenvalue weighted by Gasteiger charge is -2.23. The van der Waals surface area contributed by atoms with Gasteiger partial charge in [-0.1, -0.05) is 18.2 Å². The number of H-pyrrole nitrogens is 1. The van der Waals surface area contributed by atoms with Crippen LogP contribution in [0.15, 0.2) is 24.3 Å². The van der Waals surface area contributed by atoms with Gasteiger partial charge in [0, 0.05) is 23.6 Å². The average molecular weight is 260 g/mol. The van der Waals surface area contributed by atoms with Crippen molar-refractivity contribution in [3.8, 4) is 0 Å². The number of aliphatic hydroxyl groups is 1. The third-order valence-electron chi connectivity index (χ3n) is 3.67. The lowest BCUT2D eigenvalue weighted by molar-refractivity contribution is -0.131. The molecule has 2 N–H and O–H groups in total. The minimum Gasteiger partial charge on any atom is -0.394 e. The van der Waals surface area contributed by atoms with Crippen LogP contribution in [0.5, 0.6) is 0 Å². The van der Waals surface area contributed by atoms with Crippen LogP contribution in [0, 0.1) is 6.92 Å². The van der Waals surface area contributed by atoms with Gasteiger partial charge >= 0.3 is 0 Å². The molecule has 0 aliphatic heterocycles. The number of aliphatic hydroxyl groups excluding tert-OH is 1. The first-order valence-corrected chi connectivity index (χ1v) is 6.47. The lowest BCUT2D eigenvalue weighted by Crippen LogP contribution is -2.38. The van der Waals surface area contributed by atoms with Gasteiger partial charge in [0.1, 0.15) is 0 Å². The zero-order chi connectivity index (χ0) is 14.0. The van der Waals surface area contributed by atoms with Crippen molar-refractivity contribution in [3.05, 3.63) is 35.5 Å². The van der Waals surface area contributed by atoms with E-state index >= 15 is 0 Å². The van der Waals surface area contributed by atoms with Crippen molar-refractivity contribution in [2.45, 2.75) is 26.3 Å². The van der Waals surface area contributed by atoms with E-state index in [0.29, 0.717) is 6.42 Å². The van der Waals surface area contributed by atoms with Gasteiger partial charge in [0.05, 0.1) is 19.1 Å². The summed E-state index contributed by atoms with van der Waals surface area (Å²) in [5.74, 6) is 0.0226. The van der Waals surface area contributed by atoms with Gasteiger partial charge in [-0.25, -0.2) is 0 Å². The van der Waals surface area contributed by atoms with Crippen LogP contribution in [0.3, 0.4) is 0 Å². The van der Waals surface area contributed by atoms with Gasteiger partial charge < -0.3 is 15.0 Å². The summed E-state index contributed by atoms with van der Waals surface area (Å²) in [6, 6.07) is 7.83. The van der Waals surface area contributed by atoms with E-state index in [1.54, 1.807) is 11.9 Å². The van der Waals surface area contributed by atoms with Crippen LogP contribution in [0.4, 0.5) is 0 Å². The van der Waals surface area contributed by atoms with Crippen LogP contribution < -0.4 is 0 Å². The van der Waals surface area contributed by atoms with E-state index in [9.17, 15) is 4.79 Å². The molecule has 4 heteroatoms. The number of rotatable bonds is 4. The van der Waals surface area contributed by atoms with Crippen LogP contribution in [0.2, 0.25) is 0 Å². The highest BCUT2D eigenvalue weighted by molar-refractivity contribution is 5.90. The van der Waals surface area contributed by atoms with E-state index < -0.39 is 0 Å². The Bertz CT molecular complexity index is 589. The maximum Gasteiger partial charge on any atom is 0.227 e. The SMILES string of the molecule is Cc1[nH]c2ccccc2c1CC(=O)N(C)C(C)CO.